The molecule has 1 aliphatic rings. The predicted octanol–water partition coefficient (Wildman–Crippen LogP) is 2.30. The molecular formula is C13H23N5O. The fourth-order valence-electron chi connectivity index (χ4n) is 2.57. The van der Waals surface area contributed by atoms with Crippen LogP contribution in [0.2, 0.25) is 0 Å². The molecule has 0 aromatic carbocycles. The van der Waals surface area contributed by atoms with Crippen LogP contribution in [0.15, 0.2) is 6.33 Å². The van der Waals surface area contributed by atoms with Gasteiger partial charge in [0.2, 0.25) is 5.75 Å². The van der Waals surface area contributed by atoms with E-state index in [1.54, 1.807) is 7.11 Å². The Labute approximate surface area is 114 Å². The summed E-state index contributed by atoms with van der Waals surface area (Å²) in [6, 6.07) is 0.453. The standard InChI is InChI=1S/C13H23N5O/c1-19-11-12(15-9-16-13(11)18-14)17-10-7-5-3-2-4-6-8-10/h9-10H,2-8,14H2,1H3,(H2,15,16,17,18). The van der Waals surface area contributed by atoms with E-state index in [-0.39, 0.29) is 0 Å². The lowest BCUT2D eigenvalue weighted by atomic mass is 9.97. The molecule has 0 spiro atoms. The minimum Gasteiger partial charge on any atom is -0.490 e. The summed E-state index contributed by atoms with van der Waals surface area (Å²) in [5, 5.41) is 3.47. The zero-order valence-electron chi connectivity index (χ0n) is 11.5. The summed E-state index contributed by atoms with van der Waals surface area (Å²) in [5.74, 6) is 7.23. The molecule has 0 atom stereocenters. The summed E-state index contributed by atoms with van der Waals surface area (Å²) in [7, 11) is 1.60. The van der Waals surface area contributed by atoms with Gasteiger partial charge in [0.15, 0.2) is 11.6 Å². The van der Waals surface area contributed by atoms with E-state index in [0.29, 0.717) is 17.6 Å². The maximum atomic E-state index is 5.43. The van der Waals surface area contributed by atoms with Gasteiger partial charge in [-0.3, -0.25) is 0 Å². The van der Waals surface area contributed by atoms with Crippen molar-refractivity contribution in [1.29, 1.82) is 0 Å². The maximum Gasteiger partial charge on any atom is 0.205 e. The number of hydrogen-bond acceptors (Lipinski definition) is 6. The van der Waals surface area contributed by atoms with Crippen molar-refractivity contribution in [2.24, 2.45) is 5.84 Å². The lowest BCUT2D eigenvalue weighted by molar-refractivity contribution is 0.412. The summed E-state index contributed by atoms with van der Waals surface area (Å²) in [5.41, 5.74) is 2.53. The molecule has 1 aliphatic carbocycles. The smallest absolute Gasteiger partial charge is 0.205 e. The van der Waals surface area contributed by atoms with Gasteiger partial charge in [-0.15, -0.1) is 0 Å². The van der Waals surface area contributed by atoms with Crippen LogP contribution in [0.4, 0.5) is 11.6 Å². The van der Waals surface area contributed by atoms with Gasteiger partial charge in [0.25, 0.3) is 0 Å². The Kier molecular flexibility index (Phi) is 5.20. The molecule has 0 unspecified atom stereocenters. The molecule has 0 radical (unpaired) electrons. The van der Waals surface area contributed by atoms with E-state index in [9.17, 15) is 0 Å². The SMILES string of the molecule is COc1c(NN)ncnc1NC1CCCCCCC1. The van der Waals surface area contributed by atoms with Crippen LogP contribution in [0.3, 0.4) is 0 Å². The van der Waals surface area contributed by atoms with Crippen molar-refractivity contribution < 1.29 is 4.74 Å². The highest BCUT2D eigenvalue weighted by Gasteiger charge is 2.16. The van der Waals surface area contributed by atoms with Crippen molar-refractivity contribution >= 4 is 11.6 Å². The Hall–Kier alpha value is -1.56. The zero-order chi connectivity index (χ0) is 13.5. The van der Waals surface area contributed by atoms with Crippen LogP contribution in [-0.4, -0.2) is 23.1 Å². The molecule has 1 aromatic rings. The van der Waals surface area contributed by atoms with Gasteiger partial charge in [0.05, 0.1) is 7.11 Å². The Morgan fingerprint density at radius 1 is 1.11 bits per heavy atom. The molecule has 0 saturated heterocycles. The fraction of sp³-hybridized carbons (Fsp3) is 0.692. The molecule has 1 saturated carbocycles. The monoisotopic (exact) mass is 265 g/mol. The van der Waals surface area contributed by atoms with Crippen LogP contribution < -0.4 is 21.3 Å². The Balaban J connectivity index is 2.08. The first-order valence-corrected chi connectivity index (χ1v) is 6.97. The summed E-state index contributed by atoms with van der Waals surface area (Å²) in [4.78, 5) is 8.31. The average Bonchev–Trinajstić information content (AvgIpc) is 2.41. The first kappa shape index (κ1) is 13.9. The highest BCUT2D eigenvalue weighted by molar-refractivity contribution is 5.63. The summed E-state index contributed by atoms with van der Waals surface area (Å²) < 4.78 is 5.33. The van der Waals surface area contributed by atoms with E-state index in [0.717, 1.165) is 5.82 Å². The second-order valence-corrected chi connectivity index (χ2v) is 4.93. The molecule has 0 amide bonds. The minimum absolute atomic E-state index is 0.453. The van der Waals surface area contributed by atoms with Crippen molar-refractivity contribution in [3.63, 3.8) is 0 Å². The summed E-state index contributed by atoms with van der Waals surface area (Å²) in [6.45, 7) is 0. The van der Waals surface area contributed by atoms with E-state index in [1.807, 2.05) is 0 Å². The molecule has 1 heterocycles. The molecule has 0 aliphatic heterocycles. The second-order valence-electron chi connectivity index (χ2n) is 4.93. The van der Waals surface area contributed by atoms with Crippen molar-refractivity contribution in [3.05, 3.63) is 6.33 Å². The van der Waals surface area contributed by atoms with Crippen molar-refractivity contribution in [3.8, 4) is 5.75 Å². The van der Waals surface area contributed by atoms with Crippen molar-refractivity contribution in [2.75, 3.05) is 17.9 Å². The molecule has 106 valence electrons. The van der Waals surface area contributed by atoms with Crippen LogP contribution in [0.1, 0.15) is 44.9 Å². The molecule has 0 bridgehead atoms. The third kappa shape index (κ3) is 3.70. The van der Waals surface area contributed by atoms with Crippen LogP contribution in [0.25, 0.3) is 0 Å². The van der Waals surface area contributed by atoms with Gasteiger partial charge in [-0.2, -0.15) is 0 Å². The van der Waals surface area contributed by atoms with Gasteiger partial charge in [0, 0.05) is 6.04 Å². The number of ether oxygens (including phenoxy) is 1. The number of nitrogens with one attached hydrogen (secondary N) is 2. The number of nitrogens with two attached hydrogens (primary N) is 1. The lowest BCUT2D eigenvalue weighted by Crippen LogP contribution is -2.22. The van der Waals surface area contributed by atoms with Gasteiger partial charge >= 0.3 is 0 Å². The summed E-state index contributed by atoms with van der Waals surface area (Å²) in [6.07, 6.45) is 10.4. The number of nitrogens with zero attached hydrogens (tertiary/aromatic N) is 2. The molecular weight excluding hydrogens is 242 g/mol. The van der Waals surface area contributed by atoms with E-state index in [2.05, 4.69) is 20.7 Å². The van der Waals surface area contributed by atoms with E-state index >= 15 is 0 Å². The molecule has 6 heteroatoms. The van der Waals surface area contributed by atoms with Gasteiger partial charge in [-0.25, -0.2) is 15.8 Å². The number of nitrogen functional groups attached to an aromatic ring is 1. The zero-order valence-corrected chi connectivity index (χ0v) is 11.5. The van der Waals surface area contributed by atoms with Crippen LogP contribution in [-0.2, 0) is 0 Å². The van der Waals surface area contributed by atoms with Crippen LogP contribution in [0, 0.1) is 0 Å². The summed E-state index contributed by atoms with van der Waals surface area (Å²) >= 11 is 0. The largest absolute Gasteiger partial charge is 0.490 e. The lowest BCUT2D eigenvalue weighted by Gasteiger charge is -2.22. The Morgan fingerprint density at radius 3 is 2.37 bits per heavy atom. The molecule has 4 N–H and O–H groups in total. The topological polar surface area (TPSA) is 85.1 Å². The third-order valence-electron chi connectivity index (χ3n) is 3.59. The molecule has 2 rings (SSSR count). The Bertz CT molecular complexity index is 391. The van der Waals surface area contributed by atoms with Gasteiger partial charge in [-0.05, 0) is 12.8 Å². The number of methoxy groups -OCH3 is 1. The Morgan fingerprint density at radius 2 is 1.74 bits per heavy atom. The van der Waals surface area contributed by atoms with Gasteiger partial charge in [-0.1, -0.05) is 32.1 Å². The first-order valence-electron chi connectivity index (χ1n) is 6.97. The normalized spacial score (nSPS) is 17.4. The number of hydrogen-bond donors (Lipinski definition) is 3. The number of aromatic nitrogens is 2. The van der Waals surface area contributed by atoms with Gasteiger partial charge < -0.3 is 15.5 Å². The fourth-order valence-corrected chi connectivity index (χ4v) is 2.57. The highest BCUT2D eigenvalue weighted by atomic mass is 16.5. The second kappa shape index (κ2) is 7.13. The molecule has 1 aromatic heterocycles. The van der Waals surface area contributed by atoms with E-state index < -0.39 is 0 Å². The van der Waals surface area contributed by atoms with Crippen molar-refractivity contribution in [1.82, 2.24) is 9.97 Å². The third-order valence-corrected chi connectivity index (χ3v) is 3.59. The molecule has 19 heavy (non-hydrogen) atoms. The first-order chi connectivity index (χ1) is 9.35. The number of rotatable bonds is 4. The molecule has 1 fully saturated rings. The van der Waals surface area contributed by atoms with Crippen LogP contribution >= 0.6 is 0 Å². The van der Waals surface area contributed by atoms with E-state index in [4.69, 9.17) is 10.6 Å². The van der Waals surface area contributed by atoms with Crippen LogP contribution in [0.5, 0.6) is 5.75 Å². The highest BCUT2D eigenvalue weighted by Crippen LogP contribution is 2.30. The quantitative estimate of drug-likeness (QED) is 0.572. The van der Waals surface area contributed by atoms with E-state index in [1.165, 1.54) is 51.3 Å². The minimum atomic E-state index is 0.453. The number of hydrazine groups is 1. The molecule has 6 nitrogen and oxygen atoms in total. The number of anilines is 2. The average molecular weight is 265 g/mol. The maximum absolute atomic E-state index is 5.43. The predicted molar refractivity (Wildman–Crippen MR) is 76.1 cm³/mol. The van der Waals surface area contributed by atoms with Crippen molar-refractivity contribution in [2.45, 2.75) is 51.0 Å². The van der Waals surface area contributed by atoms with Gasteiger partial charge in [0.1, 0.15) is 6.33 Å².